The SMILES string of the molecule is C[C@@H](NC(=O)C1(C)CCCN1)c1ccccc1. The summed E-state index contributed by atoms with van der Waals surface area (Å²) in [4.78, 5) is 12.2. The Hall–Kier alpha value is -1.35. The van der Waals surface area contributed by atoms with E-state index in [1.165, 1.54) is 0 Å². The van der Waals surface area contributed by atoms with E-state index in [4.69, 9.17) is 0 Å². The van der Waals surface area contributed by atoms with Gasteiger partial charge in [-0.05, 0) is 38.8 Å². The van der Waals surface area contributed by atoms with Crippen molar-refractivity contribution in [3.8, 4) is 0 Å². The smallest absolute Gasteiger partial charge is 0.240 e. The largest absolute Gasteiger partial charge is 0.348 e. The van der Waals surface area contributed by atoms with Crippen molar-refractivity contribution in [2.75, 3.05) is 6.54 Å². The zero-order valence-corrected chi connectivity index (χ0v) is 10.5. The second-order valence-electron chi connectivity index (χ2n) is 4.97. The molecule has 17 heavy (non-hydrogen) atoms. The summed E-state index contributed by atoms with van der Waals surface area (Å²) < 4.78 is 0. The number of carbonyl (C=O) groups excluding carboxylic acids is 1. The molecule has 3 heteroatoms. The molecule has 1 aromatic carbocycles. The van der Waals surface area contributed by atoms with Gasteiger partial charge in [0.1, 0.15) is 0 Å². The quantitative estimate of drug-likeness (QED) is 0.837. The molecule has 1 aromatic rings. The summed E-state index contributed by atoms with van der Waals surface area (Å²) in [6, 6.07) is 10.1. The third-order valence-corrected chi connectivity index (χ3v) is 3.52. The summed E-state index contributed by atoms with van der Waals surface area (Å²) in [5, 5.41) is 6.35. The molecule has 0 spiro atoms. The molecule has 1 unspecified atom stereocenters. The van der Waals surface area contributed by atoms with Crippen LogP contribution < -0.4 is 10.6 Å². The van der Waals surface area contributed by atoms with Crippen LogP contribution >= 0.6 is 0 Å². The summed E-state index contributed by atoms with van der Waals surface area (Å²) in [5.41, 5.74) is 0.755. The predicted octanol–water partition coefficient (Wildman–Crippen LogP) is 2.01. The molecule has 1 amide bonds. The van der Waals surface area contributed by atoms with Gasteiger partial charge < -0.3 is 10.6 Å². The topological polar surface area (TPSA) is 41.1 Å². The highest BCUT2D eigenvalue weighted by molar-refractivity contribution is 5.86. The maximum absolute atomic E-state index is 12.2. The molecule has 92 valence electrons. The van der Waals surface area contributed by atoms with E-state index in [-0.39, 0.29) is 17.5 Å². The first-order valence-electron chi connectivity index (χ1n) is 6.23. The van der Waals surface area contributed by atoms with Gasteiger partial charge in [-0.25, -0.2) is 0 Å². The van der Waals surface area contributed by atoms with E-state index >= 15 is 0 Å². The fourth-order valence-corrected chi connectivity index (χ4v) is 2.27. The van der Waals surface area contributed by atoms with E-state index in [9.17, 15) is 4.79 Å². The van der Waals surface area contributed by atoms with Gasteiger partial charge in [-0.2, -0.15) is 0 Å². The minimum atomic E-state index is -0.386. The summed E-state index contributed by atoms with van der Waals surface area (Å²) in [6.07, 6.45) is 1.99. The molecule has 2 N–H and O–H groups in total. The van der Waals surface area contributed by atoms with Gasteiger partial charge >= 0.3 is 0 Å². The van der Waals surface area contributed by atoms with Crippen LogP contribution in [0.15, 0.2) is 30.3 Å². The van der Waals surface area contributed by atoms with Gasteiger partial charge in [-0.1, -0.05) is 30.3 Å². The second-order valence-corrected chi connectivity index (χ2v) is 4.97. The second kappa shape index (κ2) is 4.88. The Kier molecular flexibility index (Phi) is 3.48. The molecule has 1 aliphatic heterocycles. The lowest BCUT2D eigenvalue weighted by Gasteiger charge is -2.25. The number of hydrogen-bond donors (Lipinski definition) is 2. The molecule has 1 heterocycles. The van der Waals surface area contributed by atoms with Gasteiger partial charge in [-0.15, -0.1) is 0 Å². The minimum Gasteiger partial charge on any atom is -0.348 e. The van der Waals surface area contributed by atoms with E-state index in [1.54, 1.807) is 0 Å². The Balaban J connectivity index is 1.99. The standard InChI is InChI=1S/C14H20N2O/c1-11(12-7-4-3-5-8-12)16-13(17)14(2)9-6-10-15-14/h3-5,7-8,11,15H,6,9-10H2,1-2H3,(H,16,17)/t11-,14?/m1/s1. The number of nitrogens with one attached hydrogen (secondary N) is 2. The minimum absolute atomic E-state index is 0.0583. The molecular formula is C14H20N2O. The molecule has 2 rings (SSSR count). The van der Waals surface area contributed by atoms with Crippen molar-refractivity contribution in [2.24, 2.45) is 0 Å². The maximum atomic E-state index is 12.2. The Morgan fingerprint density at radius 1 is 1.41 bits per heavy atom. The molecule has 0 radical (unpaired) electrons. The number of carbonyl (C=O) groups is 1. The van der Waals surface area contributed by atoms with E-state index in [0.29, 0.717) is 0 Å². The lowest BCUT2D eigenvalue weighted by Crippen LogP contribution is -2.51. The highest BCUT2D eigenvalue weighted by atomic mass is 16.2. The van der Waals surface area contributed by atoms with Gasteiger partial charge in [0, 0.05) is 0 Å². The third-order valence-electron chi connectivity index (χ3n) is 3.52. The highest BCUT2D eigenvalue weighted by Gasteiger charge is 2.36. The fraction of sp³-hybridized carbons (Fsp3) is 0.500. The molecule has 0 saturated carbocycles. The van der Waals surface area contributed by atoms with Crippen LogP contribution in [0.5, 0.6) is 0 Å². The predicted molar refractivity (Wildman–Crippen MR) is 68.6 cm³/mol. The van der Waals surface area contributed by atoms with Gasteiger partial charge in [0.15, 0.2) is 0 Å². The molecule has 0 aliphatic carbocycles. The first kappa shape index (κ1) is 12.1. The Morgan fingerprint density at radius 3 is 2.71 bits per heavy atom. The monoisotopic (exact) mass is 232 g/mol. The van der Waals surface area contributed by atoms with Crippen LogP contribution in [0.2, 0.25) is 0 Å². The number of benzene rings is 1. The highest BCUT2D eigenvalue weighted by Crippen LogP contribution is 2.20. The Morgan fingerprint density at radius 2 is 2.12 bits per heavy atom. The number of rotatable bonds is 3. The van der Waals surface area contributed by atoms with Crippen molar-refractivity contribution >= 4 is 5.91 Å². The van der Waals surface area contributed by atoms with Crippen molar-refractivity contribution < 1.29 is 4.79 Å². The molecule has 1 aliphatic rings. The van der Waals surface area contributed by atoms with Crippen molar-refractivity contribution in [1.29, 1.82) is 0 Å². The first-order valence-corrected chi connectivity index (χ1v) is 6.23. The fourth-order valence-electron chi connectivity index (χ4n) is 2.27. The average Bonchev–Trinajstić information content (AvgIpc) is 2.78. The molecule has 2 atom stereocenters. The van der Waals surface area contributed by atoms with Crippen molar-refractivity contribution in [3.05, 3.63) is 35.9 Å². The average molecular weight is 232 g/mol. The van der Waals surface area contributed by atoms with E-state index < -0.39 is 0 Å². The molecular weight excluding hydrogens is 212 g/mol. The van der Waals surface area contributed by atoms with Crippen LogP contribution in [-0.2, 0) is 4.79 Å². The van der Waals surface area contributed by atoms with Crippen molar-refractivity contribution in [3.63, 3.8) is 0 Å². The number of amides is 1. The first-order chi connectivity index (χ1) is 8.12. The molecule has 1 saturated heterocycles. The van der Waals surface area contributed by atoms with E-state index in [2.05, 4.69) is 10.6 Å². The normalized spacial score (nSPS) is 25.5. The van der Waals surface area contributed by atoms with Crippen molar-refractivity contribution in [2.45, 2.75) is 38.3 Å². The lowest BCUT2D eigenvalue weighted by molar-refractivity contribution is -0.127. The van der Waals surface area contributed by atoms with Crippen LogP contribution in [0.4, 0.5) is 0 Å². The van der Waals surface area contributed by atoms with Crippen molar-refractivity contribution in [1.82, 2.24) is 10.6 Å². The molecule has 3 nitrogen and oxygen atoms in total. The summed E-state index contributed by atoms with van der Waals surface area (Å²) >= 11 is 0. The van der Waals surface area contributed by atoms with Gasteiger partial charge in [0.25, 0.3) is 0 Å². The summed E-state index contributed by atoms with van der Waals surface area (Å²) in [6.45, 7) is 4.93. The molecule has 0 aromatic heterocycles. The van der Waals surface area contributed by atoms with Gasteiger partial charge in [-0.3, -0.25) is 4.79 Å². The molecule has 0 bridgehead atoms. The van der Waals surface area contributed by atoms with E-state index in [1.807, 2.05) is 44.2 Å². The zero-order chi connectivity index (χ0) is 12.3. The van der Waals surface area contributed by atoms with Crippen LogP contribution in [0.25, 0.3) is 0 Å². The third kappa shape index (κ3) is 2.67. The van der Waals surface area contributed by atoms with Gasteiger partial charge in [0.2, 0.25) is 5.91 Å². The molecule has 1 fully saturated rings. The number of hydrogen-bond acceptors (Lipinski definition) is 2. The van der Waals surface area contributed by atoms with Crippen LogP contribution in [0.1, 0.15) is 38.3 Å². The van der Waals surface area contributed by atoms with Crippen LogP contribution in [0.3, 0.4) is 0 Å². The Bertz CT molecular complexity index is 382. The summed E-state index contributed by atoms with van der Waals surface area (Å²) in [5.74, 6) is 0.103. The lowest BCUT2D eigenvalue weighted by atomic mass is 9.98. The Labute approximate surface area is 103 Å². The van der Waals surface area contributed by atoms with Gasteiger partial charge in [0.05, 0.1) is 11.6 Å². The van der Waals surface area contributed by atoms with Crippen LogP contribution in [-0.4, -0.2) is 18.0 Å². The maximum Gasteiger partial charge on any atom is 0.240 e. The van der Waals surface area contributed by atoms with E-state index in [0.717, 1.165) is 24.9 Å². The summed E-state index contributed by atoms with van der Waals surface area (Å²) in [7, 11) is 0. The zero-order valence-electron chi connectivity index (χ0n) is 10.5. The van der Waals surface area contributed by atoms with Crippen LogP contribution in [0, 0.1) is 0 Å².